The van der Waals surface area contributed by atoms with Crippen LogP contribution in [0.25, 0.3) is 0 Å². The van der Waals surface area contributed by atoms with E-state index in [1.165, 1.54) is 0 Å². The summed E-state index contributed by atoms with van der Waals surface area (Å²) in [5, 5.41) is -13.4. The fourth-order valence-corrected chi connectivity index (χ4v) is 5.82. The maximum absolute atomic E-state index is 14.2. The van der Waals surface area contributed by atoms with E-state index >= 15 is 0 Å². The first kappa shape index (κ1) is 32.9. The van der Waals surface area contributed by atoms with Crippen LogP contribution in [0.15, 0.2) is 0 Å². The number of hydrogen-bond acceptors (Lipinski definition) is 6. The molecule has 1 atom stereocenters. The predicted octanol–water partition coefficient (Wildman–Crippen LogP) is 4.52. The van der Waals surface area contributed by atoms with E-state index in [0.29, 0.717) is 6.42 Å². The second-order valence-corrected chi connectivity index (χ2v) is 14.9. The minimum atomic E-state index is -7.10. The first-order chi connectivity index (χ1) is 15.6. The fraction of sp³-hybridized carbons (Fsp3) is 0.950. The SMILES string of the molecule is CC(C)(C)CC(C)(C(=O)OC1CCN(S(=O)(=O)C(F)(F)C(F)(F)C(F)(F)S(=O)(=O)O)CC1)C(C)(C)C. The first-order valence-electron chi connectivity index (χ1n) is 10.9. The summed E-state index contributed by atoms with van der Waals surface area (Å²) in [5.74, 6) is -7.63. The Kier molecular flexibility index (Phi) is 8.74. The second-order valence-electron chi connectivity index (χ2n) is 11.4. The fourth-order valence-electron chi connectivity index (χ4n) is 3.83. The van der Waals surface area contributed by atoms with Crippen LogP contribution in [0.3, 0.4) is 0 Å². The lowest BCUT2D eigenvalue weighted by atomic mass is 9.61. The molecule has 36 heavy (non-hydrogen) atoms. The molecule has 16 heteroatoms. The number of sulfonamides is 1. The summed E-state index contributed by atoms with van der Waals surface area (Å²) >= 11 is 0. The number of alkyl halides is 6. The molecule has 1 unspecified atom stereocenters. The van der Waals surface area contributed by atoms with Gasteiger partial charge in [0.25, 0.3) is 10.0 Å². The normalized spacial score (nSPS) is 20.2. The molecule has 0 amide bonds. The number of nitrogens with zero attached hydrogens (tertiary/aromatic N) is 1. The lowest BCUT2D eigenvalue weighted by Crippen LogP contribution is -2.63. The molecule has 1 aliphatic heterocycles. The summed E-state index contributed by atoms with van der Waals surface area (Å²) in [6.07, 6.45) is -1.38. The summed E-state index contributed by atoms with van der Waals surface area (Å²) in [4.78, 5) is 13.1. The molecule has 1 aliphatic rings. The van der Waals surface area contributed by atoms with E-state index in [0.717, 1.165) is 0 Å². The van der Waals surface area contributed by atoms with Crippen LogP contribution in [0.4, 0.5) is 26.3 Å². The van der Waals surface area contributed by atoms with Crippen molar-refractivity contribution in [3.8, 4) is 0 Å². The van der Waals surface area contributed by atoms with Gasteiger partial charge in [0.1, 0.15) is 6.10 Å². The molecule has 1 N–H and O–H groups in total. The molecule has 214 valence electrons. The van der Waals surface area contributed by atoms with Crippen molar-refractivity contribution >= 4 is 26.1 Å². The Morgan fingerprint density at radius 1 is 0.861 bits per heavy atom. The molecule has 1 fully saturated rings. The smallest absolute Gasteiger partial charge is 0.439 e. The van der Waals surface area contributed by atoms with Gasteiger partial charge in [-0.15, -0.1) is 0 Å². The molecular formula is C20H33F6NO7S2. The van der Waals surface area contributed by atoms with Crippen LogP contribution in [-0.4, -0.2) is 67.3 Å². The van der Waals surface area contributed by atoms with Gasteiger partial charge in [-0.3, -0.25) is 9.35 Å². The number of hydrogen-bond donors (Lipinski definition) is 1. The third-order valence-corrected chi connectivity index (χ3v) is 9.24. The molecule has 0 aromatic heterocycles. The van der Waals surface area contributed by atoms with Crippen LogP contribution < -0.4 is 0 Å². The number of carbonyl (C=O) groups is 1. The van der Waals surface area contributed by atoms with Crippen LogP contribution >= 0.6 is 0 Å². The van der Waals surface area contributed by atoms with Gasteiger partial charge < -0.3 is 4.74 Å². The zero-order valence-electron chi connectivity index (χ0n) is 21.0. The zero-order chi connectivity index (χ0) is 29.0. The molecule has 1 heterocycles. The average Bonchev–Trinajstić information content (AvgIpc) is 2.64. The standard InChI is InChI=1S/C20H33F6NO7S2/c1-15(2,3)12-17(7,16(4,5)6)14(28)34-13-8-10-27(11-9-13)35(29,30)19(23,24)18(21,22)20(25,26)36(31,32)33/h13H,8-12H2,1-7H3,(H,31,32,33). The molecule has 1 saturated heterocycles. The molecule has 0 aromatic rings. The Labute approximate surface area is 207 Å². The quantitative estimate of drug-likeness (QED) is 0.256. The number of rotatable bonds is 8. The van der Waals surface area contributed by atoms with Gasteiger partial charge in [-0.2, -0.15) is 39.1 Å². The summed E-state index contributed by atoms with van der Waals surface area (Å²) in [6, 6.07) is 0. The van der Waals surface area contributed by atoms with Gasteiger partial charge in [0.2, 0.25) is 0 Å². The maximum atomic E-state index is 14.2. The average molecular weight is 578 g/mol. The minimum absolute atomic E-state index is 0.205. The van der Waals surface area contributed by atoms with Gasteiger partial charge in [-0.1, -0.05) is 41.5 Å². The van der Waals surface area contributed by atoms with Gasteiger partial charge in [0.15, 0.2) is 0 Å². The highest BCUT2D eigenvalue weighted by Crippen LogP contribution is 2.52. The molecule has 0 aliphatic carbocycles. The van der Waals surface area contributed by atoms with Gasteiger partial charge in [0, 0.05) is 13.1 Å². The van der Waals surface area contributed by atoms with E-state index in [1.807, 2.05) is 41.5 Å². The number of ether oxygens (including phenoxy) is 1. The Morgan fingerprint density at radius 3 is 1.61 bits per heavy atom. The molecule has 0 bridgehead atoms. The Morgan fingerprint density at radius 2 is 1.28 bits per heavy atom. The largest absolute Gasteiger partial charge is 0.462 e. The van der Waals surface area contributed by atoms with Gasteiger partial charge in [-0.25, -0.2) is 8.42 Å². The number of halogens is 6. The molecule has 0 spiro atoms. The lowest BCUT2D eigenvalue weighted by molar-refractivity contribution is -0.247. The summed E-state index contributed by atoms with van der Waals surface area (Å²) in [7, 11) is -13.6. The Bertz CT molecular complexity index is 1040. The highest BCUT2D eigenvalue weighted by molar-refractivity contribution is 7.90. The third kappa shape index (κ3) is 5.80. The van der Waals surface area contributed by atoms with Crippen molar-refractivity contribution in [3.05, 3.63) is 0 Å². The highest BCUT2D eigenvalue weighted by atomic mass is 32.2. The summed E-state index contributed by atoms with van der Waals surface area (Å²) < 4.78 is 142. The number of esters is 1. The Balaban J connectivity index is 3.11. The molecular weight excluding hydrogens is 544 g/mol. The van der Waals surface area contributed by atoms with Gasteiger partial charge in [-0.05, 0) is 37.0 Å². The van der Waals surface area contributed by atoms with Crippen LogP contribution in [0.5, 0.6) is 0 Å². The molecule has 0 radical (unpaired) electrons. The molecule has 0 aromatic carbocycles. The minimum Gasteiger partial charge on any atom is -0.462 e. The van der Waals surface area contributed by atoms with Crippen LogP contribution in [0, 0.1) is 16.2 Å². The van der Waals surface area contributed by atoms with E-state index in [2.05, 4.69) is 0 Å². The lowest BCUT2D eigenvalue weighted by Gasteiger charge is -2.44. The van der Waals surface area contributed by atoms with E-state index in [4.69, 9.17) is 9.29 Å². The van der Waals surface area contributed by atoms with Gasteiger partial charge >= 0.3 is 32.5 Å². The molecule has 8 nitrogen and oxygen atoms in total. The van der Waals surface area contributed by atoms with Crippen molar-refractivity contribution in [2.24, 2.45) is 16.2 Å². The van der Waals surface area contributed by atoms with Crippen LogP contribution in [0.1, 0.15) is 67.7 Å². The third-order valence-electron chi connectivity index (χ3n) is 6.38. The molecule has 1 rings (SSSR count). The number of piperidine rings is 1. The van der Waals surface area contributed by atoms with Gasteiger partial charge in [0.05, 0.1) is 5.41 Å². The zero-order valence-corrected chi connectivity index (χ0v) is 22.7. The van der Waals surface area contributed by atoms with Crippen molar-refractivity contribution in [2.75, 3.05) is 13.1 Å². The predicted molar refractivity (Wildman–Crippen MR) is 118 cm³/mol. The van der Waals surface area contributed by atoms with E-state index < -0.39 is 85.4 Å². The van der Waals surface area contributed by atoms with Crippen LogP contribution in [-0.2, 0) is 29.7 Å². The van der Waals surface area contributed by atoms with Crippen LogP contribution in [0.2, 0.25) is 0 Å². The monoisotopic (exact) mass is 577 g/mol. The van der Waals surface area contributed by atoms with E-state index in [1.54, 1.807) is 6.92 Å². The Hall–Kier alpha value is -1.13. The summed E-state index contributed by atoms with van der Waals surface area (Å²) in [5.41, 5.74) is -1.88. The van der Waals surface area contributed by atoms with E-state index in [9.17, 15) is 48.0 Å². The second kappa shape index (κ2) is 9.56. The van der Waals surface area contributed by atoms with E-state index in [-0.39, 0.29) is 9.72 Å². The molecule has 0 saturated carbocycles. The highest BCUT2D eigenvalue weighted by Gasteiger charge is 2.82. The summed E-state index contributed by atoms with van der Waals surface area (Å²) in [6.45, 7) is 11.1. The maximum Gasteiger partial charge on any atom is 0.439 e. The first-order valence-corrected chi connectivity index (χ1v) is 13.8. The van der Waals surface area contributed by atoms with Crippen molar-refractivity contribution < 1.29 is 57.3 Å². The van der Waals surface area contributed by atoms with Crippen molar-refractivity contribution in [2.45, 2.75) is 90.3 Å². The topological polar surface area (TPSA) is 118 Å². The van der Waals surface area contributed by atoms with Crippen molar-refractivity contribution in [1.29, 1.82) is 0 Å². The van der Waals surface area contributed by atoms with Crippen molar-refractivity contribution in [1.82, 2.24) is 4.31 Å². The number of carbonyl (C=O) groups excluding carboxylic acids is 1. The van der Waals surface area contributed by atoms with Crippen molar-refractivity contribution in [3.63, 3.8) is 0 Å².